The third kappa shape index (κ3) is 4.60. The summed E-state index contributed by atoms with van der Waals surface area (Å²) in [7, 11) is 0. The van der Waals surface area contributed by atoms with Gasteiger partial charge < -0.3 is 9.88 Å². The number of nitrogens with zero attached hydrogens (tertiary/aromatic N) is 2. The van der Waals surface area contributed by atoms with Crippen molar-refractivity contribution in [3.05, 3.63) is 58.5 Å². The van der Waals surface area contributed by atoms with Gasteiger partial charge in [0.15, 0.2) is 11.6 Å². The van der Waals surface area contributed by atoms with Crippen molar-refractivity contribution in [2.45, 2.75) is 47.6 Å². The molecule has 2 heterocycles. The van der Waals surface area contributed by atoms with Gasteiger partial charge in [0.05, 0.1) is 17.6 Å². The number of fused-ring (bicyclic) bond motifs is 1. The molecule has 0 bridgehead atoms. The summed E-state index contributed by atoms with van der Waals surface area (Å²) in [5.41, 5.74) is 2.65. The van der Waals surface area contributed by atoms with Crippen LogP contribution in [0, 0.1) is 36.7 Å². The maximum Gasteiger partial charge on any atom is 0.226 e. The van der Waals surface area contributed by atoms with E-state index >= 15 is 0 Å². The van der Waals surface area contributed by atoms with E-state index in [0.29, 0.717) is 29.3 Å². The van der Waals surface area contributed by atoms with Crippen molar-refractivity contribution >= 4 is 22.8 Å². The van der Waals surface area contributed by atoms with E-state index in [0.717, 1.165) is 17.2 Å². The second-order valence-electron chi connectivity index (χ2n) is 8.61. The molecule has 7 heteroatoms. The van der Waals surface area contributed by atoms with Gasteiger partial charge >= 0.3 is 0 Å². The molecular formula is C22H24F3N3O. The number of pyridine rings is 1. The fraction of sp³-hybridized carbons (Fsp3) is 0.364. The number of anilines is 1. The predicted octanol–water partition coefficient (Wildman–Crippen LogP) is 5.49. The first kappa shape index (κ1) is 20.9. The van der Waals surface area contributed by atoms with E-state index in [4.69, 9.17) is 0 Å². The Morgan fingerprint density at radius 1 is 1.10 bits per heavy atom. The highest BCUT2D eigenvalue weighted by Crippen LogP contribution is 2.27. The molecule has 4 nitrogen and oxygen atoms in total. The molecule has 3 rings (SSSR count). The van der Waals surface area contributed by atoms with E-state index in [1.807, 2.05) is 40.7 Å². The van der Waals surface area contributed by atoms with Gasteiger partial charge in [-0.1, -0.05) is 20.8 Å². The van der Waals surface area contributed by atoms with Crippen LogP contribution in [0.15, 0.2) is 24.4 Å². The lowest BCUT2D eigenvalue weighted by atomic mass is 9.92. The smallest absolute Gasteiger partial charge is 0.226 e. The van der Waals surface area contributed by atoms with E-state index < -0.39 is 17.5 Å². The molecule has 0 saturated carbocycles. The molecule has 3 aromatic rings. The van der Waals surface area contributed by atoms with Crippen LogP contribution in [0.2, 0.25) is 0 Å². The van der Waals surface area contributed by atoms with Crippen molar-refractivity contribution in [1.29, 1.82) is 0 Å². The highest BCUT2D eigenvalue weighted by atomic mass is 19.2. The Morgan fingerprint density at radius 2 is 1.79 bits per heavy atom. The lowest BCUT2D eigenvalue weighted by Crippen LogP contribution is -2.20. The van der Waals surface area contributed by atoms with Crippen LogP contribution in [0.25, 0.3) is 11.0 Å². The molecule has 1 aromatic carbocycles. The van der Waals surface area contributed by atoms with Crippen molar-refractivity contribution in [3.8, 4) is 0 Å². The molecule has 0 aliphatic heterocycles. The second kappa shape index (κ2) is 7.54. The predicted molar refractivity (Wildman–Crippen MR) is 107 cm³/mol. The summed E-state index contributed by atoms with van der Waals surface area (Å²) in [4.78, 5) is 16.8. The highest BCUT2D eigenvalue weighted by molar-refractivity contribution is 5.93. The topological polar surface area (TPSA) is 46.9 Å². The first-order valence-electron chi connectivity index (χ1n) is 9.35. The fourth-order valence-corrected chi connectivity index (χ4v) is 3.30. The largest absolute Gasteiger partial charge is 0.341 e. The quantitative estimate of drug-likeness (QED) is 0.585. The van der Waals surface area contributed by atoms with Gasteiger partial charge in [-0.2, -0.15) is 0 Å². The zero-order chi connectivity index (χ0) is 21.5. The standard InChI is InChI=1S/C22H24F3N3O/c1-12-6-17-20(27-21(12)26-18(29)9-22(3,4)5)13(2)10-28(17)11-14-7-15(23)8-16(24)19(14)25/h6-8,10H,9,11H2,1-5H3,(H,26,27,29). The number of rotatable bonds is 4. The maximum atomic E-state index is 14.1. The minimum Gasteiger partial charge on any atom is -0.341 e. The lowest BCUT2D eigenvalue weighted by Gasteiger charge is -2.17. The summed E-state index contributed by atoms with van der Waals surface area (Å²) in [6.07, 6.45) is 2.11. The molecule has 154 valence electrons. The van der Waals surface area contributed by atoms with Crippen molar-refractivity contribution in [1.82, 2.24) is 9.55 Å². The van der Waals surface area contributed by atoms with Crippen LogP contribution >= 0.6 is 0 Å². The van der Waals surface area contributed by atoms with E-state index in [9.17, 15) is 18.0 Å². The molecule has 2 aromatic heterocycles. The third-order valence-corrected chi connectivity index (χ3v) is 4.58. The van der Waals surface area contributed by atoms with E-state index in [1.165, 1.54) is 0 Å². The SMILES string of the molecule is Cc1cc2c(nc1NC(=O)CC(C)(C)C)c(C)cn2Cc1cc(F)cc(F)c1F. The highest BCUT2D eigenvalue weighted by Gasteiger charge is 2.19. The van der Waals surface area contributed by atoms with Crippen LogP contribution in [0.4, 0.5) is 19.0 Å². The second-order valence-corrected chi connectivity index (χ2v) is 8.61. The van der Waals surface area contributed by atoms with Crippen LogP contribution in [0.3, 0.4) is 0 Å². The summed E-state index contributed by atoms with van der Waals surface area (Å²) >= 11 is 0. The summed E-state index contributed by atoms with van der Waals surface area (Å²) in [6.45, 7) is 9.55. The van der Waals surface area contributed by atoms with Gasteiger partial charge in [-0.15, -0.1) is 0 Å². The summed E-state index contributed by atoms with van der Waals surface area (Å²) < 4.78 is 42.8. The Morgan fingerprint density at radius 3 is 2.45 bits per heavy atom. The molecular weight excluding hydrogens is 379 g/mol. The van der Waals surface area contributed by atoms with Gasteiger partial charge in [-0.3, -0.25) is 4.79 Å². The molecule has 0 aliphatic rings. The number of carbonyl (C=O) groups excluding carboxylic acids is 1. The molecule has 0 unspecified atom stereocenters. The summed E-state index contributed by atoms with van der Waals surface area (Å²) in [5.74, 6) is -2.77. The van der Waals surface area contributed by atoms with E-state index in [1.54, 1.807) is 10.8 Å². The number of halogens is 3. The molecule has 0 fully saturated rings. The number of aryl methyl sites for hydroxylation is 2. The van der Waals surface area contributed by atoms with Crippen molar-refractivity contribution < 1.29 is 18.0 Å². The minimum atomic E-state index is -1.22. The molecule has 29 heavy (non-hydrogen) atoms. The van der Waals surface area contributed by atoms with E-state index in [-0.39, 0.29) is 23.4 Å². The third-order valence-electron chi connectivity index (χ3n) is 4.58. The Labute approximate surface area is 167 Å². The van der Waals surface area contributed by atoms with Crippen molar-refractivity contribution in [2.75, 3.05) is 5.32 Å². The maximum absolute atomic E-state index is 14.1. The number of benzene rings is 1. The number of nitrogens with one attached hydrogen (secondary N) is 1. The fourth-order valence-electron chi connectivity index (χ4n) is 3.30. The van der Waals surface area contributed by atoms with Crippen LogP contribution < -0.4 is 5.32 Å². The minimum absolute atomic E-state index is 0.0400. The first-order valence-corrected chi connectivity index (χ1v) is 9.35. The lowest BCUT2D eigenvalue weighted by molar-refractivity contribution is -0.117. The number of hydrogen-bond acceptors (Lipinski definition) is 2. The van der Waals surface area contributed by atoms with Crippen LogP contribution in [0.1, 0.15) is 43.9 Å². The Kier molecular flexibility index (Phi) is 5.43. The average molecular weight is 403 g/mol. The van der Waals surface area contributed by atoms with Gasteiger partial charge in [0, 0.05) is 24.2 Å². The molecule has 1 amide bonds. The molecule has 0 saturated heterocycles. The zero-order valence-corrected chi connectivity index (χ0v) is 17.2. The first-order chi connectivity index (χ1) is 13.4. The van der Waals surface area contributed by atoms with Gasteiger partial charge in [-0.25, -0.2) is 18.2 Å². The van der Waals surface area contributed by atoms with Gasteiger partial charge in [-0.05, 0) is 42.5 Å². The summed E-state index contributed by atoms with van der Waals surface area (Å²) in [5, 5.41) is 2.85. The monoisotopic (exact) mass is 403 g/mol. The van der Waals surface area contributed by atoms with Crippen molar-refractivity contribution in [2.24, 2.45) is 5.41 Å². The molecule has 0 spiro atoms. The number of amides is 1. The summed E-state index contributed by atoms with van der Waals surface area (Å²) in [6, 6.07) is 3.34. The Hall–Kier alpha value is -2.83. The normalized spacial score (nSPS) is 11.9. The van der Waals surface area contributed by atoms with Crippen LogP contribution in [-0.4, -0.2) is 15.5 Å². The average Bonchev–Trinajstić information content (AvgIpc) is 2.86. The van der Waals surface area contributed by atoms with Crippen molar-refractivity contribution in [3.63, 3.8) is 0 Å². The molecule has 0 aliphatic carbocycles. The molecule has 0 atom stereocenters. The van der Waals surface area contributed by atoms with Crippen LogP contribution in [0.5, 0.6) is 0 Å². The molecule has 0 radical (unpaired) electrons. The number of carbonyl (C=O) groups is 1. The molecule has 1 N–H and O–H groups in total. The van der Waals surface area contributed by atoms with Gasteiger partial charge in [0.25, 0.3) is 0 Å². The number of aromatic nitrogens is 2. The van der Waals surface area contributed by atoms with Gasteiger partial charge in [0.1, 0.15) is 11.6 Å². The van der Waals surface area contributed by atoms with Crippen LogP contribution in [-0.2, 0) is 11.3 Å². The Bertz CT molecular complexity index is 1100. The Balaban J connectivity index is 1.97. The van der Waals surface area contributed by atoms with E-state index in [2.05, 4.69) is 10.3 Å². The zero-order valence-electron chi connectivity index (χ0n) is 17.2. The number of hydrogen-bond donors (Lipinski definition) is 1. The van der Waals surface area contributed by atoms with Gasteiger partial charge in [0.2, 0.25) is 5.91 Å².